The van der Waals surface area contributed by atoms with Crippen LogP contribution in [0.2, 0.25) is 5.15 Å². The number of nitrogens with zero attached hydrogens (tertiary/aromatic N) is 4. The Morgan fingerprint density at radius 2 is 2.19 bits per heavy atom. The summed E-state index contributed by atoms with van der Waals surface area (Å²) in [6, 6.07) is 7.06. The number of hydrogen-bond donors (Lipinski definition) is 1. The lowest BCUT2D eigenvalue weighted by Crippen LogP contribution is -1.95. The van der Waals surface area contributed by atoms with E-state index in [4.69, 9.17) is 11.6 Å². The molecule has 0 aliphatic heterocycles. The molecule has 0 amide bonds. The van der Waals surface area contributed by atoms with Gasteiger partial charge in [0.05, 0.1) is 6.21 Å². The summed E-state index contributed by atoms with van der Waals surface area (Å²) in [4.78, 5) is 3.96. The summed E-state index contributed by atoms with van der Waals surface area (Å²) in [7, 11) is 0. The van der Waals surface area contributed by atoms with E-state index in [1.54, 1.807) is 30.7 Å². The summed E-state index contributed by atoms with van der Waals surface area (Å²) in [6.07, 6.45) is 5.05. The third-order valence-corrected chi connectivity index (χ3v) is 1.91. The average molecular weight is 234 g/mol. The van der Waals surface area contributed by atoms with Crippen LogP contribution in [0.3, 0.4) is 0 Å². The molecule has 6 heteroatoms. The number of hydrazone groups is 1. The molecule has 0 aromatic carbocycles. The number of pyridine rings is 1. The van der Waals surface area contributed by atoms with E-state index in [1.807, 2.05) is 12.1 Å². The van der Waals surface area contributed by atoms with E-state index in [1.165, 1.54) is 0 Å². The number of anilines is 1. The van der Waals surface area contributed by atoms with Crippen LogP contribution in [0.25, 0.3) is 0 Å². The molecule has 0 bridgehead atoms. The van der Waals surface area contributed by atoms with Gasteiger partial charge in [-0.1, -0.05) is 17.7 Å². The predicted octanol–water partition coefficient (Wildman–Crippen LogP) is 1.97. The summed E-state index contributed by atoms with van der Waals surface area (Å²) in [5.41, 5.74) is 3.63. The zero-order valence-corrected chi connectivity index (χ0v) is 8.96. The average Bonchev–Trinajstić information content (AvgIpc) is 2.33. The zero-order valence-electron chi connectivity index (χ0n) is 8.21. The van der Waals surface area contributed by atoms with Gasteiger partial charge >= 0.3 is 0 Å². The molecular formula is C10H8ClN5. The number of nitrogens with one attached hydrogen (secondary N) is 1. The minimum absolute atomic E-state index is 0.349. The second-order valence-electron chi connectivity index (χ2n) is 2.90. The molecule has 0 fully saturated rings. The molecule has 0 aliphatic carbocycles. The van der Waals surface area contributed by atoms with Gasteiger partial charge in [0.1, 0.15) is 0 Å². The van der Waals surface area contributed by atoms with Crippen molar-refractivity contribution >= 4 is 23.6 Å². The lowest BCUT2D eigenvalue weighted by Gasteiger charge is -1.96. The van der Waals surface area contributed by atoms with Crippen LogP contribution in [0.15, 0.2) is 41.8 Å². The zero-order chi connectivity index (χ0) is 11.2. The van der Waals surface area contributed by atoms with Crippen molar-refractivity contribution in [3.63, 3.8) is 0 Å². The Hall–Kier alpha value is -2.01. The van der Waals surface area contributed by atoms with Crippen LogP contribution in [-0.4, -0.2) is 21.4 Å². The molecule has 0 saturated heterocycles. The molecule has 5 nitrogen and oxygen atoms in total. The van der Waals surface area contributed by atoms with E-state index in [0.29, 0.717) is 11.0 Å². The van der Waals surface area contributed by atoms with Crippen LogP contribution in [0.4, 0.5) is 5.82 Å². The van der Waals surface area contributed by atoms with Gasteiger partial charge < -0.3 is 0 Å². The highest BCUT2D eigenvalue weighted by molar-refractivity contribution is 6.29. The summed E-state index contributed by atoms with van der Waals surface area (Å²) in [6.45, 7) is 0. The van der Waals surface area contributed by atoms with Crippen molar-refractivity contribution in [2.24, 2.45) is 5.10 Å². The molecule has 0 unspecified atom stereocenters. The Kier molecular flexibility index (Phi) is 3.40. The van der Waals surface area contributed by atoms with Gasteiger partial charge in [-0.3, -0.25) is 10.4 Å². The molecule has 0 saturated carbocycles. The van der Waals surface area contributed by atoms with E-state index in [2.05, 4.69) is 25.7 Å². The maximum absolute atomic E-state index is 5.59. The van der Waals surface area contributed by atoms with Crippen LogP contribution in [0, 0.1) is 0 Å². The largest absolute Gasteiger partial charge is 0.264 e. The van der Waals surface area contributed by atoms with Crippen molar-refractivity contribution in [2.45, 2.75) is 0 Å². The normalized spacial score (nSPS) is 10.6. The van der Waals surface area contributed by atoms with Crippen molar-refractivity contribution < 1.29 is 0 Å². The number of hydrogen-bond acceptors (Lipinski definition) is 5. The summed E-state index contributed by atoms with van der Waals surface area (Å²) < 4.78 is 0. The topological polar surface area (TPSA) is 63.1 Å². The smallest absolute Gasteiger partial charge is 0.168 e. The monoisotopic (exact) mass is 233 g/mol. The Morgan fingerprint density at radius 1 is 1.25 bits per heavy atom. The molecule has 0 aliphatic rings. The maximum atomic E-state index is 5.59. The van der Waals surface area contributed by atoms with Crippen molar-refractivity contribution in [3.05, 3.63) is 47.4 Å². The lowest BCUT2D eigenvalue weighted by atomic mass is 10.3. The van der Waals surface area contributed by atoms with E-state index >= 15 is 0 Å². The highest BCUT2D eigenvalue weighted by Gasteiger charge is 1.92. The second kappa shape index (κ2) is 5.18. The molecule has 2 rings (SSSR count). The van der Waals surface area contributed by atoms with Crippen molar-refractivity contribution in [3.8, 4) is 0 Å². The summed E-state index contributed by atoms with van der Waals surface area (Å²) >= 11 is 5.59. The molecule has 0 spiro atoms. The molecule has 2 heterocycles. The number of aromatic nitrogens is 3. The van der Waals surface area contributed by atoms with Gasteiger partial charge in [0, 0.05) is 18.0 Å². The third kappa shape index (κ3) is 2.99. The molecule has 2 aromatic rings. The quantitative estimate of drug-likeness (QED) is 0.650. The highest BCUT2D eigenvalue weighted by Crippen LogP contribution is 2.05. The Balaban J connectivity index is 1.97. The molecule has 16 heavy (non-hydrogen) atoms. The van der Waals surface area contributed by atoms with Gasteiger partial charge in [-0.15, -0.1) is 10.2 Å². The van der Waals surface area contributed by atoms with Crippen LogP contribution < -0.4 is 5.43 Å². The summed E-state index contributed by atoms with van der Waals surface area (Å²) in [5, 5.41) is 11.8. The molecule has 2 aromatic heterocycles. The van der Waals surface area contributed by atoms with E-state index in [9.17, 15) is 0 Å². The fraction of sp³-hybridized carbons (Fsp3) is 0. The molecule has 0 atom stereocenters. The maximum Gasteiger partial charge on any atom is 0.168 e. The molecule has 1 N–H and O–H groups in total. The number of rotatable bonds is 3. The predicted molar refractivity (Wildman–Crippen MR) is 62.5 cm³/mol. The standard InChI is InChI=1S/C10H8ClN5/c11-9-3-4-10(16-14-9)15-13-7-8-2-1-5-12-6-8/h1-7H,(H,15,16)/b13-7+. The summed E-state index contributed by atoms with van der Waals surface area (Å²) in [5.74, 6) is 0.532. The molecule has 80 valence electrons. The van der Waals surface area contributed by atoms with Crippen molar-refractivity contribution in [1.29, 1.82) is 0 Å². The van der Waals surface area contributed by atoms with Crippen LogP contribution in [0.1, 0.15) is 5.56 Å². The minimum atomic E-state index is 0.349. The van der Waals surface area contributed by atoms with Crippen LogP contribution in [-0.2, 0) is 0 Å². The Labute approximate surface area is 97.2 Å². The van der Waals surface area contributed by atoms with Gasteiger partial charge in [0.15, 0.2) is 11.0 Å². The van der Waals surface area contributed by atoms with Gasteiger partial charge in [-0.2, -0.15) is 5.10 Å². The van der Waals surface area contributed by atoms with Gasteiger partial charge in [-0.25, -0.2) is 0 Å². The van der Waals surface area contributed by atoms with Crippen LogP contribution in [0.5, 0.6) is 0 Å². The van der Waals surface area contributed by atoms with Crippen LogP contribution >= 0.6 is 11.6 Å². The van der Waals surface area contributed by atoms with Crippen molar-refractivity contribution in [2.75, 3.05) is 5.43 Å². The van der Waals surface area contributed by atoms with Gasteiger partial charge in [0.2, 0.25) is 0 Å². The lowest BCUT2D eigenvalue weighted by molar-refractivity contribution is 1.02. The Bertz CT molecular complexity index is 468. The molecule has 0 radical (unpaired) electrons. The van der Waals surface area contributed by atoms with E-state index in [0.717, 1.165) is 5.56 Å². The molecular weight excluding hydrogens is 226 g/mol. The first-order valence-corrected chi connectivity index (χ1v) is 4.91. The SMILES string of the molecule is Clc1ccc(N/N=C/c2cccnc2)nn1. The van der Waals surface area contributed by atoms with Gasteiger partial charge in [0.25, 0.3) is 0 Å². The first-order valence-electron chi connectivity index (χ1n) is 4.53. The number of halogens is 1. The third-order valence-electron chi connectivity index (χ3n) is 1.71. The van der Waals surface area contributed by atoms with Crippen molar-refractivity contribution in [1.82, 2.24) is 15.2 Å². The Morgan fingerprint density at radius 3 is 2.88 bits per heavy atom. The fourth-order valence-corrected chi connectivity index (χ4v) is 1.10. The highest BCUT2D eigenvalue weighted by atomic mass is 35.5. The van der Waals surface area contributed by atoms with Gasteiger partial charge in [-0.05, 0) is 18.2 Å². The second-order valence-corrected chi connectivity index (χ2v) is 3.28. The fourth-order valence-electron chi connectivity index (χ4n) is 1.00. The van der Waals surface area contributed by atoms with E-state index in [-0.39, 0.29) is 0 Å². The first kappa shape index (κ1) is 10.5. The van der Waals surface area contributed by atoms with E-state index < -0.39 is 0 Å². The first-order chi connectivity index (χ1) is 7.84. The minimum Gasteiger partial charge on any atom is -0.264 e.